The van der Waals surface area contributed by atoms with E-state index in [0.29, 0.717) is 22.1 Å². The Kier molecular flexibility index (Phi) is 6.19. The van der Waals surface area contributed by atoms with Crippen molar-refractivity contribution in [1.29, 1.82) is 0 Å². The molecule has 0 saturated carbocycles. The minimum absolute atomic E-state index is 0. The van der Waals surface area contributed by atoms with Gasteiger partial charge in [-0.05, 0) is 58.0 Å². The van der Waals surface area contributed by atoms with Crippen molar-refractivity contribution in [1.82, 2.24) is 14.5 Å². The lowest BCUT2D eigenvalue weighted by Crippen LogP contribution is -2.12. The summed E-state index contributed by atoms with van der Waals surface area (Å²) in [6.07, 6.45) is -0.00838. The second-order valence-corrected chi connectivity index (χ2v) is 8.10. The van der Waals surface area contributed by atoms with Gasteiger partial charge in [0.15, 0.2) is 5.13 Å². The maximum Gasteiger partial charge on any atom is 0.248 e. The molecule has 0 aliphatic rings. The van der Waals surface area contributed by atoms with Crippen LogP contribution in [0, 0.1) is 6.92 Å². The molecule has 0 fully saturated rings. The van der Waals surface area contributed by atoms with E-state index < -0.39 is 5.91 Å². The van der Waals surface area contributed by atoms with Crippen molar-refractivity contribution in [2.45, 2.75) is 40.3 Å². The molecule has 0 aliphatic carbocycles. The molecule has 0 atom stereocenters. The second kappa shape index (κ2) is 8.49. The van der Waals surface area contributed by atoms with E-state index in [2.05, 4.69) is 28.9 Å². The molecule has 30 heavy (non-hydrogen) atoms. The Morgan fingerprint density at radius 3 is 2.67 bits per heavy atom. The van der Waals surface area contributed by atoms with Crippen molar-refractivity contribution in [2.75, 3.05) is 5.32 Å². The number of rotatable bonds is 6. The van der Waals surface area contributed by atoms with Crippen LogP contribution in [0.5, 0.6) is 5.75 Å². The van der Waals surface area contributed by atoms with Gasteiger partial charge in [0.2, 0.25) is 5.91 Å². The van der Waals surface area contributed by atoms with Gasteiger partial charge in [-0.2, -0.15) is 0 Å². The summed E-state index contributed by atoms with van der Waals surface area (Å²) in [6, 6.07) is 9.26. The summed E-state index contributed by atoms with van der Waals surface area (Å²) in [5, 5.41) is 4.00. The number of primary amides is 1. The van der Waals surface area contributed by atoms with Crippen LogP contribution in [0.15, 0.2) is 30.3 Å². The number of nitrogens with zero attached hydrogens (tertiary/aromatic N) is 3. The Morgan fingerprint density at radius 2 is 2.00 bits per heavy atom. The van der Waals surface area contributed by atoms with E-state index in [-0.39, 0.29) is 18.5 Å². The lowest BCUT2D eigenvalue weighted by Gasteiger charge is -2.15. The number of thiazole rings is 1. The van der Waals surface area contributed by atoms with Gasteiger partial charge in [0.05, 0.1) is 22.0 Å². The zero-order valence-electron chi connectivity index (χ0n) is 17.2. The maximum absolute atomic E-state index is 11.6. The summed E-state index contributed by atoms with van der Waals surface area (Å²) in [5.41, 5.74) is 9.35. The Morgan fingerprint density at radius 1 is 1.23 bits per heavy atom. The van der Waals surface area contributed by atoms with Crippen LogP contribution in [0.2, 0.25) is 0 Å². The van der Waals surface area contributed by atoms with Gasteiger partial charge in [0.1, 0.15) is 22.6 Å². The van der Waals surface area contributed by atoms with Crippen molar-refractivity contribution in [2.24, 2.45) is 5.73 Å². The number of benzene rings is 2. The largest absolute Gasteiger partial charge is 0.489 e. The molecule has 0 spiro atoms. The number of aromatic nitrogens is 3. The van der Waals surface area contributed by atoms with Crippen LogP contribution in [-0.2, 0) is 6.54 Å². The number of aryl methyl sites for hydroxylation is 2. The smallest absolute Gasteiger partial charge is 0.248 e. The number of nitrogens with two attached hydrogens (primary N) is 1. The number of fused-ring (bicyclic) bond motifs is 3. The van der Waals surface area contributed by atoms with Gasteiger partial charge in [-0.3, -0.25) is 4.79 Å². The average molecular weight is 446 g/mol. The average Bonchev–Trinajstić information content (AvgIpc) is 3.21. The number of hydrogen-bond donors (Lipinski definition) is 2. The fraction of sp³-hybridized carbons (Fsp3) is 0.286. The van der Waals surface area contributed by atoms with Crippen molar-refractivity contribution in [3.63, 3.8) is 0 Å². The lowest BCUT2D eigenvalue weighted by atomic mass is 10.1. The molecular formula is C21H24ClN5O2S. The summed E-state index contributed by atoms with van der Waals surface area (Å²) >= 11 is 1.53. The van der Waals surface area contributed by atoms with Gasteiger partial charge in [-0.25, -0.2) is 9.97 Å². The summed E-state index contributed by atoms with van der Waals surface area (Å²) in [5.74, 6) is 1.12. The number of carbonyl (C=O) groups excluding carboxylic acids is 1. The number of ether oxygens (including phenoxy) is 1. The zero-order valence-corrected chi connectivity index (χ0v) is 18.9. The summed E-state index contributed by atoms with van der Waals surface area (Å²) in [4.78, 5) is 21.1. The van der Waals surface area contributed by atoms with E-state index in [1.165, 1.54) is 11.3 Å². The molecule has 0 bridgehead atoms. The van der Waals surface area contributed by atoms with Crippen LogP contribution >= 0.6 is 23.7 Å². The van der Waals surface area contributed by atoms with Gasteiger partial charge in [-0.15, -0.1) is 12.4 Å². The molecule has 1 amide bonds. The maximum atomic E-state index is 11.6. The van der Waals surface area contributed by atoms with Crippen molar-refractivity contribution >= 4 is 61.7 Å². The number of imidazole rings is 1. The van der Waals surface area contributed by atoms with Crippen molar-refractivity contribution in [3.05, 3.63) is 41.7 Å². The highest BCUT2D eigenvalue weighted by Crippen LogP contribution is 2.36. The first-order valence-corrected chi connectivity index (χ1v) is 10.3. The monoisotopic (exact) mass is 445 g/mol. The molecule has 0 saturated heterocycles. The number of hydrogen-bond acceptors (Lipinski definition) is 6. The lowest BCUT2D eigenvalue weighted by molar-refractivity contribution is 0.100. The number of halogens is 1. The van der Waals surface area contributed by atoms with Crippen LogP contribution in [-0.4, -0.2) is 26.5 Å². The third-order valence-electron chi connectivity index (χ3n) is 4.65. The summed E-state index contributed by atoms with van der Waals surface area (Å²) in [7, 11) is 0. The molecule has 2 aromatic carbocycles. The molecule has 4 aromatic rings. The first kappa shape index (κ1) is 21.9. The predicted octanol–water partition coefficient (Wildman–Crippen LogP) is 5.03. The highest BCUT2D eigenvalue weighted by atomic mass is 35.5. The molecule has 0 unspecified atom stereocenters. The molecule has 0 aliphatic heterocycles. The normalized spacial score (nSPS) is 11.1. The first-order valence-electron chi connectivity index (χ1n) is 9.51. The Bertz CT molecular complexity index is 1230. The van der Waals surface area contributed by atoms with Crippen molar-refractivity contribution < 1.29 is 9.53 Å². The van der Waals surface area contributed by atoms with Crippen LogP contribution in [0.4, 0.5) is 10.8 Å². The minimum atomic E-state index is -0.490. The minimum Gasteiger partial charge on any atom is -0.489 e. The number of nitrogens with one attached hydrogen (secondary N) is 1. The standard InChI is InChI=1S/C21H23N5O2S.ClH/c1-5-26-12(4)23-18-15(26)7-9-17-19(18)25-21(29-17)24-14-10-13(20(22)27)6-8-16(14)28-11(2)3;/h6-11H,5H2,1-4H3,(H2,22,27)(H,24,25);1H. The quantitative estimate of drug-likeness (QED) is 0.434. The first-order chi connectivity index (χ1) is 13.9. The molecule has 4 rings (SSSR count). The predicted molar refractivity (Wildman–Crippen MR) is 125 cm³/mol. The molecule has 158 valence electrons. The van der Waals surface area contributed by atoms with E-state index in [0.717, 1.165) is 33.6 Å². The number of anilines is 2. The molecule has 9 heteroatoms. The van der Waals surface area contributed by atoms with E-state index in [1.54, 1.807) is 18.2 Å². The molecule has 0 radical (unpaired) electrons. The fourth-order valence-corrected chi connectivity index (χ4v) is 4.28. The number of amides is 1. The Labute approximate surface area is 184 Å². The molecule has 2 aromatic heterocycles. The highest BCUT2D eigenvalue weighted by molar-refractivity contribution is 7.22. The van der Waals surface area contributed by atoms with Gasteiger partial charge in [-0.1, -0.05) is 11.3 Å². The van der Waals surface area contributed by atoms with Crippen LogP contribution < -0.4 is 15.8 Å². The SMILES string of the molecule is CCn1c(C)nc2c3nc(Nc4cc(C(N)=O)ccc4OC(C)C)sc3ccc21.Cl. The molecule has 3 N–H and O–H groups in total. The van der Waals surface area contributed by atoms with Crippen LogP contribution in [0.25, 0.3) is 21.3 Å². The van der Waals surface area contributed by atoms with Crippen LogP contribution in [0.1, 0.15) is 37.0 Å². The summed E-state index contributed by atoms with van der Waals surface area (Å²) in [6.45, 7) is 8.87. The summed E-state index contributed by atoms with van der Waals surface area (Å²) < 4.78 is 9.09. The highest BCUT2D eigenvalue weighted by Gasteiger charge is 2.16. The van der Waals surface area contributed by atoms with Gasteiger partial charge in [0, 0.05) is 12.1 Å². The topological polar surface area (TPSA) is 95.1 Å². The Hall–Kier alpha value is -2.84. The van der Waals surface area contributed by atoms with Crippen molar-refractivity contribution in [3.8, 4) is 5.75 Å². The Balaban J connectivity index is 0.00000256. The third-order valence-corrected chi connectivity index (χ3v) is 5.59. The van der Waals surface area contributed by atoms with E-state index in [1.807, 2.05) is 20.8 Å². The van der Waals surface area contributed by atoms with E-state index in [9.17, 15) is 4.79 Å². The third kappa shape index (κ3) is 3.93. The van der Waals surface area contributed by atoms with E-state index >= 15 is 0 Å². The molecule has 7 nitrogen and oxygen atoms in total. The van der Waals surface area contributed by atoms with Crippen LogP contribution in [0.3, 0.4) is 0 Å². The van der Waals surface area contributed by atoms with Gasteiger partial charge in [0.25, 0.3) is 0 Å². The van der Waals surface area contributed by atoms with E-state index in [4.69, 9.17) is 20.4 Å². The molecule has 2 heterocycles. The number of carbonyl (C=O) groups is 1. The fourth-order valence-electron chi connectivity index (χ4n) is 3.40. The molecular weight excluding hydrogens is 422 g/mol. The zero-order chi connectivity index (χ0) is 20.7. The van der Waals surface area contributed by atoms with Gasteiger partial charge >= 0.3 is 0 Å². The van der Waals surface area contributed by atoms with Gasteiger partial charge < -0.3 is 20.4 Å². The second-order valence-electron chi connectivity index (χ2n) is 7.07.